The van der Waals surface area contributed by atoms with Gasteiger partial charge in [0.15, 0.2) is 5.82 Å². The van der Waals surface area contributed by atoms with Crippen molar-refractivity contribution in [3.63, 3.8) is 0 Å². The van der Waals surface area contributed by atoms with Crippen LogP contribution in [0.3, 0.4) is 0 Å². The molecule has 108 valence electrons. The van der Waals surface area contributed by atoms with E-state index < -0.39 is 0 Å². The summed E-state index contributed by atoms with van der Waals surface area (Å²) in [4.78, 5) is 4.42. The molecule has 0 fully saturated rings. The third-order valence-electron chi connectivity index (χ3n) is 3.03. The average molecular weight is 292 g/mol. The van der Waals surface area contributed by atoms with Crippen LogP contribution in [0.4, 0.5) is 0 Å². The van der Waals surface area contributed by atoms with Crippen LogP contribution in [0.25, 0.3) is 0 Å². The zero-order valence-electron chi connectivity index (χ0n) is 12.0. The fraction of sp³-hybridized carbons (Fsp3) is 0.467. The lowest BCUT2D eigenvalue weighted by atomic mass is 10.2. The van der Waals surface area contributed by atoms with Gasteiger partial charge in [0.2, 0.25) is 5.89 Å². The summed E-state index contributed by atoms with van der Waals surface area (Å²) >= 11 is 1.76. The first-order valence-electron chi connectivity index (χ1n) is 6.74. The van der Waals surface area contributed by atoms with Gasteiger partial charge in [-0.2, -0.15) is 4.98 Å². The van der Waals surface area contributed by atoms with E-state index >= 15 is 0 Å². The first kappa shape index (κ1) is 15.1. The summed E-state index contributed by atoms with van der Waals surface area (Å²) < 4.78 is 5.30. The molecular weight excluding hydrogens is 272 g/mol. The molecule has 0 radical (unpaired) electrons. The number of aromatic nitrogens is 2. The number of hydrogen-bond donors (Lipinski definition) is 1. The van der Waals surface area contributed by atoms with Gasteiger partial charge in [-0.05, 0) is 18.1 Å². The van der Waals surface area contributed by atoms with Gasteiger partial charge in [-0.3, -0.25) is 0 Å². The summed E-state index contributed by atoms with van der Waals surface area (Å²) in [5.41, 5.74) is 2.16. The minimum absolute atomic E-state index is 0.0871. The second kappa shape index (κ2) is 6.90. The molecule has 0 aliphatic heterocycles. The maximum Gasteiger partial charge on any atom is 0.239 e. The number of rotatable bonds is 6. The monoisotopic (exact) mass is 292 g/mol. The number of aliphatic hydroxyl groups is 1. The van der Waals surface area contributed by atoms with Crippen LogP contribution in [-0.2, 0) is 12.4 Å². The minimum Gasteiger partial charge on any atom is -0.392 e. The lowest BCUT2D eigenvalue weighted by Gasteiger charge is -2.07. The van der Waals surface area contributed by atoms with Crippen molar-refractivity contribution in [1.29, 1.82) is 0 Å². The van der Waals surface area contributed by atoms with Gasteiger partial charge in [-0.15, -0.1) is 11.8 Å². The molecule has 1 N–H and O–H groups in total. The van der Waals surface area contributed by atoms with Gasteiger partial charge in [-0.25, -0.2) is 0 Å². The van der Waals surface area contributed by atoms with Crippen molar-refractivity contribution in [3.05, 3.63) is 47.1 Å². The van der Waals surface area contributed by atoms with E-state index in [1.807, 2.05) is 24.3 Å². The Morgan fingerprint density at radius 2 is 1.80 bits per heavy atom. The Hall–Kier alpha value is -1.33. The van der Waals surface area contributed by atoms with Gasteiger partial charge in [0.05, 0.1) is 11.9 Å². The van der Waals surface area contributed by atoms with Gasteiger partial charge < -0.3 is 9.63 Å². The Morgan fingerprint density at radius 1 is 1.15 bits per heavy atom. The Labute approximate surface area is 123 Å². The van der Waals surface area contributed by atoms with Crippen LogP contribution in [0.5, 0.6) is 0 Å². The summed E-state index contributed by atoms with van der Waals surface area (Å²) in [5.74, 6) is 2.62. The van der Waals surface area contributed by atoms with Crippen LogP contribution in [0.2, 0.25) is 0 Å². The van der Waals surface area contributed by atoms with Crippen molar-refractivity contribution in [2.75, 3.05) is 0 Å². The molecule has 1 unspecified atom stereocenters. The molecule has 0 spiro atoms. The van der Waals surface area contributed by atoms with E-state index in [4.69, 9.17) is 9.63 Å². The van der Waals surface area contributed by atoms with Gasteiger partial charge in [0.1, 0.15) is 0 Å². The maximum absolute atomic E-state index is 9.01. The van der Waals surface area contributed by atoms with E-state index in [2.05, 4.69) is 30.9 Å². The van der Waals surface area contributed by atoms with E-state index in [9.17, 15) is 0 Å². The summed E-state index contributed by atoms with van der Waals surface area (Å²) in [6.45, 7) is 6.26. The molecule has 4 nitrogen and oxygen atoms in total. The molecule has 0 bridgehead atoms. The fourth-order valence-corrected chi connectivity index (χ4v) is 2.55. The van der Waals surface area contributed by atoms with E-state index in [1.165, 1.54) is 5.56 Å². The van der Waals surface area contributed by atoms with Crippen LogP contribution in [-0.4, -0.2) is 15.2 Å². The van der Waals surface area contributed by atoms with Crippen molar-refractivity contribution in [3.8, 4) is 0 Å². The van der Waals surface area contributed by atoms with Gasteiger partial charge >= 0.3 is 0 Å². The molecule has 20 heavy (non-hydrogen) atoms. The molecule has 0 aliphatic rings. The van der Waals surface area contributed by atoms with Crippen LogP contribution >= 0.6 is 11.8 Å². The molecule has 2 rings (SSSR count). The predicted molar refractivity (Wildman–Crippen MR) is 80.5 cm³/mol. The van der Waals surface area contributed by atoms with Crippen LogP contribution < -0.4 is 0 Å². The van der Waals surface area contributed by atoms with Crippen molar-refractivity contribution in [1.82, 2.24) is 10.1 Å². The third-order valence-corrected chi connectivity index (χ3v) is 4.23. The topological polar surface area (TPSA) is 59.2 Å². The van der Waals surface area contributed by atoms with E-state index in [0.29, 0.717) is 5.89 Å². The van der Waals surface area contributed by atoms with Crippen LogP contribution in [0, 0.1) is 0 Å². The summed E-state index contributed by atoms with van der Waals surface area (Å²) in [5, 5.41) is 13.2. The first-order chi connectivity index (χ1) is 9.60. The summed E-state index contributed by atoms with van der Waals surface area (Å²) in [6.07, 6.45) is 0. The highest BCUT2D eigenvalue weighted by molar-refractivity contribution is 7.98. The lowest BCUT2D eigenvalue weighted by molar-refractivity contribution is 0.282. The summed E-state index contributed by atoms with van der Waals surface area (Å²) in [7, 11) is 0. The SMILES string of the molecule is CC(C)c1noc(C(C)SCc2ccc(CO)cc2)n1. The quantitative estimate of drug-likeness (QED) is 0.880. The smallest absolute Gasteiger partial charge is 0.239 e. The lowest BCUT2D eigenvalue weighted by Crippen LogP contribution is -1.93. The van der Waals surface area contributed by atoms with Gasteiger partial charge in [-0.1, -0.05) is 43.3 Å². The second-order valence-corrected chi connectivity index (χ2v) is 6.40. The Morgan fingerprint density at radius 3 is 2.35 bits per heavy atom. The molecule has 0 saturated carbocycles. The Kier molecular flexibility index (Phi) is 5.20. The molecule has 5 heteroatoms. The predicted octanol–water partition coefficient (Wildman–Crippen LogP) is 3.68. The Bertz CT molecular complexity index is 537. The molecule has 0 amide bonds. The molecule has 1 atom stereocenters. The van der Waals surface area contributed by atoms with Crippen molar-refractivity contribution in [2.24, 2.45) is 0 Å². The number of benzene rings is 1. The van der Waals surface area contributed by atoms with Crippen LogP contribution in [0.15, 0.2) is 28.8 Å². The number of hydrogen-bond acceptors (Lipinski definition) is 5. The highest BCUT2D eigenvalue weighted by Gasteiger charge is 2.16. The van der Waals surface area contributed by atoms with Crippen molar-refractivity contribution < 1.29 is 9.63 Å². The van der Waals surface area contributed by atoms with Crippen molar-refractivity contribution in [2.45, 2.75) is 44.3 Å². The third kappa shape index (κ3) is 3.84. The standard InChI is InChI=1S/C15H20N2O2S/c1-10(2)14-16-15(19-17-14)11(3)20-9-13-6-4-12(8-18)5-7-13/h4-7,10-11,18H,8-9H2,1-3H3. The first-order valence-corrected chi connectivity index (χ1v) is 7.78. The van der Waals surface area contributed by atoms with Crippen molar-refractivity contribution >= 4 is 11.8 Å². The largest absolute Gasteiger partial charge is 0.392 e. The number of aliphatic hydroxyl groups excluding tert-OH is 1. The zero-order valence-corrected chi connectivity index (χ0v) is 12.9. The minimum atomic E-state index is 0.0871. The molecule has 1 heterocycles. The van der Waals surface area contributed by atoms with E-state index in [1.54, 1.807) is 11.8 Å². The molecule has 0 aliphatic carbocycles. The molecule has 2 aromatic rings. The summed E-state index contributed by atoms with van der Waals surface area (Å²) in [6, 6.07) is 7.98. The van der Waals surface area contributed by atoms with E-state index in [-0.39, 0.29) is 17.8 Å². The molecule has 1 aromatic carbocycles. The molecule has 1 aromatic heterocycles. The normalized spacial score (nSPS) is 12.8. The number of nitrogens with zero attached hydrogens (tertiary/aromatic N) is 2. The van der Waals surface area contributed by atoms with Crippen LogP contribution in [0.1, 0.15) is 54.8 Å². The Balaban J connectivity index is 1.91. The van der Waals surface area contributed by atoms with Gasteiger partial charge in [0, 0.05) is 11.7 Å². The molecule has 0 saturated heterocycles. The highest BCUT2D eigenvalue weighted by Crippen LogP contribution is 2.30. The van der Waals surface area contributed by atoms with Gasteiger partial charge in [0.25, 0.3) is 0 Å². The maximum atomic E-state index is 9.01. The average Bonchev–Trinajstić information content (AvgIpc) is 2.95. The van der Waals surface area contributed by atoms with E-state index in [0.717, 1.165) is 17.1 Å². The highest BCUT2D eigenvalue weighted by atomic mass is 32.2. The second-order valence-electron chi connectivity index (χ2n) is 5.07. The fourth-order valence-electron chi connectivity index (χ4n) is 1.68. The zero-order chi connectivity index (χ0) is 14.5. The number of thioether (sulfide) groups is 1. The molecular formula is C15H20N2O2S.